The third-order valence-corrected chi connectivity index (χ3v) is 7.46. The largest absolute Gasteiger partial charge is 0.508 e. The minimum absolute atomic E-state index is 0.173. The van der Waals surface area contributed by atoms with E-state index in [1.807, 2.05) is 43.3 Å². The Kier molecular flexibility index (Phi) is 6.13. The van der Waals surface area contributed by atoms with Gasteiger partial charge in [-0.25, -0.2) is 0 Å². The van der Waals surface area contributed by atoms with Gasteiger partial charge in [0, 0.05) is 15.7 Å². The van der Waals surface area contributed by atoms with Crippen LogP contribution in [0.1, 0.15) is 54.2 Å². The predicted octanol–water partition coefficient (Wildman–Crippen LogP) is 7.08. The van der Waals surface area contributed by atoms with E-state index in [0.717, 1.165) is 33.4 Å². The second-order valence-corrected chi connectivity index (χ2v) is 10.1. The predicted molar refractivity (Wildman–Crippen MR) is 140 cm³/mol. The Morgan fingerprint density at radius 1 is 0.559 bits per heavy atom. The molecule has 1 unspecified atom stereocenters. The minimum atomic E-state index is -0.494. The molecule has 0 aliphatic rings. The van der Waals surface area contributed by atoms with Crippen molar-refractivity contribution >= 4 is 12.6 Å². The molecule has 0 spiro atoms. The Bertz CT molecular complexity index is 1320. The van der Waals surface area contributed by atoms with Crippen LogP contribution in [0.5, 0.6) is 17.2 Å². The summed E-state index contributed by atoms with van der Waals surface area (Å²) in [5, 5.41) is 29.8. The van der Waals surface area contributed by atoms with Gasteiger partial charge in [0.15, 0.2) is 0 Å². The van der Waals surface area contributed by atoms with Crippen molar-refractivity contribution in [3.8, 4) is 17.2 Å². The van der Waals surface area contributed by atoms with Gasteiger partial charge in [-0.2, -0.15) is 0 Å². The molecule has 0 amide bonds. The van der Waals surface area contributed by atoms with E-state index in [-0.39, 0.29) is 22.7 Å². The molecule has 174 valence electrons. The van der Waals surface area contributed by atoms with Crippen molar-refractivity contribution in [2.24, 2.45) is 0 Å². The summed E-state index contributed by atoms with van der Waals surface area (Å²) in [5.74, 6) is 0.668. The Balaban J connectivity index is 1.82. The van der Waals surface area contributed by atoms with Gasteiger partial charge in [-0.05, 0) is 77.6 Å². The van der Waals surface area contributed by atoms with Crippen LogP contribution in [-0.2, 0) is 10.8 Å². The number of phenolic OH excluding ortho intramolecular Hbond substituents is 3. The number of hydrogen-bond acceptors (Lipinski definition) is 4. The molecule has 34 heavy (non-hydrogen) atoms. The fourth-order valence-electron chi connectivity index (χ4n) is 4.56. The highest BCUT2D eigenvalue weighted by molar-refractivity contribution is 7.80. The van der Waals surface area contributed by atoms with Gasteiger partial charge in [-0.1, -0.05) is 68.4 Å². The first-order chi connectivity index (χ1) is 16.0. The Morgan fingerprint density at radius 2 is 1.03 bits per heavy atom. The number of thiol groups is 1. The van der Waals surface area contributed by atoms with Crippen molar-refractivity contribution in [1.82, 2.24) is 0 Å². The maximum Gasteiger partial charge on any atom is 0.128 e. The molecule has 0 bridgehead atoms. The van der Waals surface area contributed by atoms with Crippen LogP contribution in [0.4, 0.5) is 0 Å². The number of aryl methyl sites for hydroxylation is 1. The molecule has 3 N–H and O–H groups in total. The Labute approximate surface area is 206 Å². The summed E-state index contributed by atoms with van der Waals surface area (Å²) >= 11 is 4.38. The zero-order valence-corrected chi connectivity index (χ0v) is 20.8. The van der Waals surface area contributed by atoms with Gasteiger partial charge in [0.05, 0.1) is 0 Å². The van der Waals surface area contributed by atoms with Gasteiger partial charge in [0.25, 0.3) is 0 Å². The molecule has 4 heteroatoms. The number of phenols is 3. The van der Waals surface area contributed by atoms with Gasteiger partial charge < -0.3 is 15.3 Å². The highest BCUT2D eigenvalue weighted by atomic mass is 32.1. The van der Waals surface area contributed by atoms with Crippen molar-refractivity contribution < 1.29 is 15.3 Å². The van der Waals surface area contributed by atoms with Gasteiger partial charge in [0.1, 0.15) is 17.2 Å². The quantitative estimate of drug-likeness (QED) is 0.186. The zero-order valence-electron chi connectivity index (χ0n) is 19.9. The minimum Gasteiger partial charge on any atom is -0.508 e. The molecule has 1 atom stereocenters. The van der Waals surface area contributed by atoms with Crippen LogP contribution in [0.2, 0.25) is 0 Å². The van der Waals surface area contributed by atoms with Crippen LogP contribution in [0.3, 0.4) is 0 Å². The lowest BCUT2D eigenvalue weighted by Crippen LogP contribution is -2.26. The molecule has 4 rings (SSSR count). The van der Waals surface area contributed by atoms with Crippen LogP contribution in [0, 0.1) is 6.92 Å². The van der Waals surface area contributed by atoms with E-state index < -0.39 is 5.41 Å². The van der Waals surface area contributed by atoms with Crippen LogP contribution >= 0.6 is 12.6 Å². The Hall–Kier alpha value is -3.37. The molecule has 4 aromatic carbocycles. The number of rotatable bonds is 5. The molecule has 0 radical (unpaired) electrons. The third kappa shape index (κ3) is 4.14. The molecule has 4 aromatic rings. The summed E-state index contributed by atoms with van der Waals surface area (Å²) < 4.78 is 0. The summed E-state index contributed by atoms with van der Waals surface area (Å²) in [6.07, 6.45) is 0. The molecule has 0 aliphatic carbocycles. The van der Waals surface area contributed by atoms with Crippen molar-refractivity contribution in [2.45, 2.75) is 43.4 Å². The SMILES string of the molecule is Cc1cc(C(C)(c2ccc(O)cc2)c2ccc(C(C)(C)c3ccc(O)c(S)c3)cc2)ccc1O. The first-order valence-corrected chi connectivity index (χ1v) is 11.7. The summed E-state index contributed by atoms with van der Waals surface area (Å²) in [6.45, 7) is 8.38. The summed E-state index contributed by atoms with van der Waals surface area (Å²) in [4.78, 5) is 0.560. The molecule has 0 heterocycles. The molecule has 3 nitrogen and oxygen atoms in total. The first-order valence-electron chi connectivity index (χ1n) is 11.3. The summed E-state index contributed by atoms with van der Waals surface area (Å²) in [7, 11) is 0. The second-order valence-electron chi connectivity index (χ2n) is 9.58. The summed E-state index contributed by atoms with van der Waals surface area (Å²) in [5.41, 5.74) is 5.44. The van der Waals surface area contributed by atoms with Crippen molar-refractivity contribution in [3.63, 3.8) is 0 Å². The van der Waals surface area contributed by atoms with Crippen LogP contribution in [0.15, 0.2) is 89.8 Å². The van der Waals surface area contributed by atoms with E-state index in [0.29, 0.717) is 4.90 Å². The highest BCUT2D eigenvalue weighted by Gasteiger charge is 2.32. The Morgan fingerprint density at radius 3 is 1.59 bits per heavy atom. The van der Waals surface area contributed by atoms with E-state index >= 15 is 0 Å². The first kappa shape index (κ1) is 23.8. The average molecular weight is 471 g/mol. The number of aromatic hydroxyl groups is 3. The molecule has 0 aliphatic heterocycles. The fourth-order valence-corrected chi connectivity index (χ4v) is 4.77. The maximum atomic E-state index is 10.1. The standard InChI is InChI=1S/C30H30O3S/c1-19-17-24(12-15-26(19)32)30(4,22-9-13-25(31)14-10-22)21-7-5-20(6-8-21)29(2,3)23-11-16-27(33)28(34)18-23/h5-18,31-34H,1-4H3. The van der Waals surface area contributed by atoms with Crippen LogP contribution in [-0.4, -0.2) is 15.3 Å². The fraction of sp³-hybridized carbons (Fsp3) is 0.200. The molecule has 0 saturated heterocycles. The van der Waals surface area contributed by atoms with Crippen molar-refractivity contribution in [3.05, 3.63) is 118 Å². The number of hydrogen-bond donors (Lipinski definition) is 4. The second kappa shape index (κ2) is 8.77. The van der Waals surface area contributed by atoms with Gasteiger partial charge >= 0.3 is 0 Å². The van der Waals surface area contributed by atoms with E-state index in [9.17, 15) is 15.3 Å². The van der Waals surface area contributed by atoms with E-state index in [1.54, 1.807) is 24.3 Å². The van der Waals surface area contributed by atoms with Gasteiger partial charge in [-0.3, -0.25) is 0 Å². The lowest BCUT2D eigenvalue weighted by Gasteiger charge is -2.33. The summed E-state index contributed by atoms with van der Waals surface area (Å²) in [6, 6.07) is 27.1. The molecule has 0 fully saturated rings. The van der Waals surface area contributed by atoms with Gasteiger partial charge in [0.2, 0.25) is 0 Å². The van der Waals surface area contributed by atoms with Crippen molar-refractivity contribution in [1.29, 1.82) is 0 Å². The van der Waals surface area contributed by atoms with E-state index in [4.69, 9.17) is 0 Å². The smallest absolute Gasteiger partial charge is 0.128 e. The molecule has 0 saturated carbocycles. The lowest BCUT2D eigenvalue weighted by molar-refractivity contribution is 0.461. The zero-order chi connectivity index (χ0) is 24.7. The van der Waals surface area contributed by atoms with Gasteiger partial charge in [-0.15, -0.1) is 12.6 Å². The topological polar surface area (TPSA) is 60.7 Å². The monoisotopic (exact) mass is 470 g/mol. The van der Waals surface area contributed by atoms with E-state index in [2.05, 4.69) is 57.7 Å². The number of benzene rings is 4. The highest BCUT2D eigenvalue weighted by Crippen LogP contribution is 2.42. The molecular weight excluding hydrogens is 440 g/mol. The van der Waals surface area contributed by atoms with Crippen molar-refractivity contribution in [2.75, 3.05) is 0 Å². The van der Waals surface area contributed by atoms with E-state index in [1.165, 1.54) is 0 Å². The van der Waals surface area contributed by atoms with Crippen LogP contribution < -0.4 is 0 Å². The lowest BCUT2D eigenvalue weighted by atomic mass is 9.69. The molecular formula is C30H30O3S. The van der Waals surface area contributed by atoms with Crippen LogP contribution in [0.25, 0.3) is 0 Å². The normalized spacial score (nSPS) is 13.4. The molecule has 0 aromatic heterocycles. The maximum absolute atomic E-state index is 10.1. The average Bonchev–Trinajstić information content (AvgIpc) is 2.82. The third-order valence-electron chi connectivity index (χ3n) is 7.10.